The maximum atomic E-state index is 11.8. The summed E-state index contributed by atoms with van der Waals surface area (Å²) in [6.07, 6.45) is -2.34. The van der Waals surface area contributed by atoms with Gasteiger partial charge in [-0.15, -0.1) is 0 Å². The van der Waals surface area contributed by atoms with E-state index in [2.05, 4.69) is 0 Å². The van der Waals surface area contributed by atoms with Crippen LogP contribution < -0.4 is 10.5 Å². The van der Waals surface area contributed by atoms with E-state index in [4.69, 9.17) is 15.2 Å². The fourth-order valence-electron chi connectivity index (χ4n) is 2.03. The molecule has 0 spiro atoms. The minimum Gasteiger partial charge on any atom is -0.480 e. The average Bonchev–Trinajstić information content (AvgIpc) is 2.54. The Bertz CT molecular complexity index is 615. The number of ether oxygens (including phenoxy) is 2. The molecule has 0 aliphatic rings. The Balaban J connectivity index is 2.30. The van der Waals surface area contributed by atoms with Gasteiger partial charge in [0.05, 0.1) is 12.3 Å². The normalized spacial score (nSPS) is 13.2. The van der Waals surface area contributed by atoms with Crippen molar-refractivity contribution in [1.29, 1.82) is 0 Å². The lowest BCUT2D eigenvalue weighted by molar-refractivity contribution is -0.158. The second-order valence-corrected chi connectivity index (χ2v) is 4.68. The zero-order chi connectivity index (χ0) is 15.9. The summed E-state index contributed by atoms with van der Waals surface area (Å²) in [4.78, 5) is 11.8. The number of carbonyl (C=O) groups excluding carboxylic acids is 1. The topological polar surface area (TPSA) is 81.8 Å². The van der Waals surface area contributed by atoms with Gasteiger partial charge in [0.15, 0.2) is 12.2 Å². The standard InChI is InChI=1S/C17H19NO4/c1-2-21-17(20)15(19)16(12-8-4-3-5-9-12)22-14-11-7-6-10-13(14)18/h3-11,15-16,19H,2,18H2,1H3/t15-,16-/m1/s1. The van der Waals surface area contributed by atoms with Gasteiger partial charge in [0, 0.05) is 0 Å². The number of aliphatic hydroxyl groups is 1. The molecule has 2 atom stereocenters. The first kappa shape index (κ1) is 15.9. The molecule has 0 saturated heterocycles. The molecule has 2 rings (SSSR count). The smallest absolute Gasteiger partial charge is 0.339 e. The molecule has 0 radical (unpaired) electrons. The average molecular weight is 301 g/mol. The molecule has 3 N–H and O–H groups in total. The minimum absolute atomic E-state index is 0.185. The first-order chi connectivity index (χ1) is 10.6. The summed E-state index contributed by atoms with van der Waals surface area (Å²) in [5.74, 6) is -0.328. The van der Waals surface area contributed by atoms with E-state index in [0.29, 0.717) is 17.0 Å². The Morgan fingerprint density at radius 3 is 2.41 bits per heavy atom. The number of anilines is 1. The van der Waals surface area contributed by atoms with E-state index in [0.717, 1.165) is 0 Å². The van der Waals surface area contributed by atoms with Crippen molar-refractivity contribution in [2.45, 2.75) is 19.1 Å². The molecule has 0 saturated carbocycles. The SMILES string of the molecule is CCOC(=O)[C@H](O)[C@H](Oc1ccccc1N)c1ccccc1. The molecule has 0 amide bonds. The fourth-order valence-corrected chi connectivity index (χ4v) is 2.03. The van der Waals surface area contributed by atoms with Crippen molar-refractivity contribution >= 4 is 11.7 Å². The molecule has 2 aromatic rings. The molecule has 0 fully saturated rings. The number of aliphatic hydroxyl groups excluding tert-OH is 1. The van der Waals surface area contributed by atoms with Crippen LogP contribution in [0.2, 0.25) is 0 Å². The molecule has 0 bridgehead atoms. The maximum Gasteiger partial charge on any atom is 0.339 e. The summed E-state index contributed by atoms with van der Waals surface area (Å²) >= 11 is 0. The third-order valence-corrected chi connectivity index (χ3v) is 3.12. The van der Waals surface area contributed by atoms with Crippen molar-refractivity contribution in [1.82, 2.24) is 0 Å². The van der Waals surface area contributed by atoms with Crippen LogP contribution in [-0.4, -0.2) is 23.8 Å². The first-order valence-electron chi connectivity index (χ1n) is 7.04. The van der Waals surface area contributed by atoms with Gasteiger partial charge in [-0.25, -0.2) is 4.79 Å². The van der Waals surface area contributed by atoms with Crippen molar-refractivity contribution in [3.05, 3.63) is 60.2 Å². The number of para-hydroxylation sites is 2. The zero-order valence-corrected chi connectivity index (χ0v) is 12.3. The third-order valence-electron chi connectivity index (χ3n) is 3.12. The number of hydrogen-bond acceptors (Lipinski definition) is 5. The van der Waals surface area contributed by atoms with Gasteiger partial charge in [0.1, 0.15) is 5.75 Å². The van der Waals surface area contributed by atoms with Crippen molar-refractivity contribution < 1.29 is 19.4 Å². The lowest BCUT2D eigenvalue weighted by Gasteiger charge is -2.24. The highest BCUT2D eigenvalue weighted by molar-refractivity contribution is 5.75. The summed E-state index contributed by atoms with van der Waals surface area (Å²) < 4.78 is 10.7. The zero-order valence-electron chi connectivity index (χ0n) is 12.3. The van der Waals surface area contributed by atoms with E-state index in [1.165, 1.54) is 0 Å². The van der Waals surface area contributed by atoms with Gasteiger partial charge in [-0.05, 0) is 24.6 Å². The van der Waals surface area contributed by atoms with Crippen LogP contribution in [0.5, 0.6) is 5.75 Å². The van der Waals surface area contributed by atoms with E-state index in [9.17, 15) is 9.90 Å². The highest BCUT2D eigenvalue weighted by Crippen LogP contribution is 2.29. The molecule has 116 valence electrons. The second-order valence-electron chi connectivity index (χ2n) is 4.68. The van der Waals surface area contributed by atoms with Crippen LogP contribution in [0.25, 0.3) is 0 Å². The lowest BCUT2D eigenvalue weighted by atomic mass is 10.0. The number of esters is 1. The van der Waals surface area contributed by atoms with Crippen molar-refractivity contribution in [3.63, 3.8) is 0 Å². The largest absolute Gasteiger partial charge is 0.480 e. The Labute approximate surface area is 129 Å². The Morgan fingerprint density at radius 2 is 1.77 bits per heavy atom. The van der Waals surface area contributed by atoms with Gasteiger partial charge < -0.3 is 20.3 Å². The number of nitrogens with two attached hydrogens (primary N) is 1. The van der Waals surface area contributed by atoms with Crippen LogP contribution in [0.4, 0.5) is 5.69 Å². The molecular formula is C17H19NO4. The molecule has 22 heavy (non-hydrogen) atoms. The van der Waals surface area contributed by atoms with E-state index in [1.807, 2.05) is 6.07 Å². The molecule has 2 aromatic carbocycles. The maximum absolute atomic E-state index is 11.8. The van der Waals surface area contributed by atoms with Crippen molar-refractivity contribution in [3.8, 4) is 5.75 Å². The number of carbonyl (C=O) groups is 1. The number of nitrogen functional groups attached to an aromatic ring is 1. The van der Waals surface area contributed by atoms with Gasteiger partial charge in [0.2, 0.25) is 0 Å². The van der Waals surface area contributed by atoms with Crippen molar-refractivity contribution in [2.75, 3.05) is 12.3 Å². The van der Waals surface area contributed by atoms with E-state index in [1.54, 1.807) is 55.5 Å². The van der Waals surface area contributed by atoms with E-state index >= 15 is 0 Å². The van der Waals surface area contributed by atoms with Crippen LogP contribution in [0.15, 0.2) is 54.6 Å². The van der Waals surface area contributed by atoms with Crippen LogP contribution in [0.3, 0.4) is 0 Å². The predicted molar refractivity (Wildman–Crippen MR) is 83.3 cm³/mol. The Hall–Kier alpha value is -2.53. The molecule has 0 unspecified atom stereocenters. The Kier molecular flexibility index (Phi) is 5.38. The molecular weight excluding hydrogens is 282 g/mol. The molecule has 0 heterocycles. The van der Waals surface area contributed by atoms with Crippen LogP contribution in [0.1, 0.15) is 18.6 Å². The summed E-state index contributed by atoms with van der Waals surface area (Å²) in [6, 6.07) is 15.9. The fraction of sp³-hybridized carbons (Fsp3) is 0.235. The molecule has 5 nitrogen and oxygen atoms in total. The van der Waals surface area contributed by atoms with Gasteiger partial charge in [0.25, 0.3) is 0 Å². The number of benzene rings is 2. The summed E-state index contributed by atoms with van der Waals surface area (Å²) in [7, 11) is 0. The highest BCUT2D eigenvalue weighted by Gasteiger charge is 2.31. The molecule has 0 aliphatic heterocycles. The highest BCUT2D eigenvalue weighted by atomic mass is 16.6. The molecule has 0 aromatic heterocycles. The Morgan fingerprint density at radius 1 is 1.14 bits per heavy atom. The summed E-state index contributed by atoms with van der Waals surface area (Å²) in [6.45, 7) is 1.86. The second kappa shape index (κ2) is 7.47. The first-order valence-corrected chi connectivity index (χ1v) is 7.04. The van der Waals surface area contributed by atoms with Crippen molar-refractivity contribution in [2.24, 2.45) is 0 Å². The van der Waals surface area contributed by atoms with Crippen LogP contribution in [0, 0.1) is 0 Å². The number of rotatable bonds is 6. The van der Waals surface area contributed by atoms with E-state index in [-0.39, 0.29) is 6.61 Å². The van der Waals surface area contributed by atoms with Crippen LogP contribution >= 0.6 is 0 Å². The van der Waals surface area contributed by atoms with Gasteiger partial charge in [-0.1, -0.05) is 42.5 Å². The quantitative estimate of drug-likeness (QED) is 0.632. The molecule has 0 aliphatic carbocycles. The van der Waals surface area contributed by atoms with Gasteiger partial charge >= 0.3 is 5.97 Å². The van der Waals surface area contributed by atoms with Crippen LogP contribution in [-0.2, 0) is 9.53 Å². The lowest BCUT2D eigenvalue weighted by Crippen LogP contribution is -2.33. The summed E-state index contributed by atoms with van der Waals surface area (Å²) in [5.41, 5.74) is 6.95. The summed E-state index contributed by atoms with van der Waals surface area (Å²) in [5, 5.41) is 10.3. The minimum atomic E-state index is -1.44. The van der Waals surface area contributed by atoms with Gasteiger partial charge in [-0.3, -0.25) is 0 Å². The predicted octanol–water partition coefficient (Wildman–Crippen LogP) is 2.31. The third kappa shape index (κ3) is 3.77. The number of hydrogen-bond donors (Lipinski definition) is 2. The molecule has 5 heteroatoms. The van der Waals surface area contributed by atoms with E-state index < -0.39 is 18.2 Å². The van der Waals surface area contributed by atoms with Gasteiger partial charge in [-0.2, -0.15) is 0 Å². The monoisotopic (exact) mass is 301 g/mol.